The Bertz CT molecular complexity index is 662. The van der Waals surface area contributed by atoms with E-state index in [1.807, 2.05) is 14.5 Å². The number of sulfonamides is 2. The van der Waals surface area contributed by atoms with Gasteiger partial charge in [0.15, 0.2) is 5.03 Å². The van der Waals surface area contributed by atoms with Crippen molar-refractivity contribution in [1.82, 2.24) is 19.6 Å². The van der Waals surface area contributed by atoms with Gasteiger partial charge < -0.3 is 5.11 Å². The second-order valence-corrected chi connectivity index (χ2v) is 7.09. The van der Waals surface area contributed by atoms with Gasteiger partial charge in [0.1, 0.15) is 5.56 Å². The van der Waals surface area contributed by atoms with Gasteiger partial charge in [-0.2, -0.15) is 5.10 Å². The number of hydrogen-bond donors (Lipinski definition) is 4. The zero-order chi connectivity index (χ0) is 14.7. The summed E-state index contributed by atoms with van der Waals surface area (Å²) in [6.45, 7) is -0.399. The van der Waals surface area contributed by atoms with Crippen molar-refractivity contribution in [3.63, 3.8) is 0 Å². The van der Waals surface area contributed by atoms with Crippen LogP contribution in [0.3, 0.4) is 0 Å². The summed E-state index contributed by atoms with van der Waals surface area (Å²) in [6, 6.07) is 0. The molecule has 1 rings (SSSR count). The SMILES string of the molecule is CNS(=O)(=O)CCNS(=O)(=O)c1[nH]ncc1C(=O)O. The Hall–Kier alpha value is -1.50. The fourth-order valence-corrected chi connectivity index (χ4v) is 2.94. The fraction of sp³-hybridized carbons (Fsp3) is 0.429. The van der Waals surface area contributed by atoms with Gasteiger partial charge in [0.2, 0.25) is 10.0 Å². The highest BCUT2D eigenvalue weighted by Gasteiger charge is 2.24. The van der Waals surface area contributed by atoms with E-state index in [4.69, 9.17) is 5.11 Å². The molecule has 0 saturated carbocycles. The van der Waals surface area contributed by atoms with Crippen molar-refractivity contribution in [3.8, 4) is 0 Å². The Morgan fingerprint density at radius 3 is 2.58 bits per heavy atom. The Labute approximate surface area is 109 Å². The van der Waals surface area contributed by atoms with Crippen LogP contribution in [0.5, 0.6) is 0 Å². The molecule has 0 aliphatic heterocycles. The minimum atomic E-state index is -4.16. The predicted molar refractivity (Wildman–Crippen MR) is 63.6 cm³/mol. The van der Waals surface area contributed by atoms with Crippen LogP contribution in [0.2, 0.25) is 0 Å². The Morgan fingerprint density at radius 2 is 2.05 bits per heavy atom. The maximum absolute atomic E-state index is 11.7. The van der Waals surface area contributed by atoms with Crippen LogP contribution in [-0.2, 0) is 20.0 Å². The molecule has 12 heteroatoms. The van der Waals surface area contributed by atoms with E-state index in [0.717, 1.165) is 6.20 Å². The molecule has 0 fully saturated rings. The number of aromatic carboxylic acids is 1. The highest BCUT2D eigenvalue weighted by atomic mass is 32.2. The quantitative estimate of drug-likeness (QED) is 0.450. The molecule has 0 atom stereocenters. The molecule has 0 amide bonds. The minimum absolute atomic E-state index is 0.399. The first kappa shape index (κ1) is 15.6. The van der Waals surface area contributed by atoms with Gasteiger partial charge in [-0.05, 0) is 7.05 Å². The molecule has 0 aliphatic carbocycles. The molecule has 1 heterocycles. The zero-order valence-corrected chi connectivity index (χ0v) is 11.4. The third kappa shape index (κ3) is 3.99. The van der Waals surface area contributed by atoms with Gasteiger partial charge in [-0.1, -0.05) is 0 Å². The van der Waals surface area contributed by atoms with Crippen LogP contribution < -0.4 is 9.44 Å². The fourth-order valence-electron chi connectivity index (χ4n) is 1.12. The molecule has 0 bridgehead atoms. The smallest absolute Gasteiger partial charge is 0.340 e. The first-order valence-corrected chi connectivity index (χ1v) is 8.00. The highest BCUT2D eigenvalue weighted by Crippen LogP contribution is 2.11. The molecule has 0 aliphatic rings. The van der Waals surface area contributed by atoms with Crippen molar-refractivity contribution < 1.29 is 26.7 Å². The summed E-state index contributed by atoms with van der Waals surface area (Å²) in [5.74, 6) is -1.93. The number of nitrogens with zero attached hydrogens (tertiary/aromatic N) is 1. The second-order valence-electron chi connectivity index (χ2n) is 3.34. The molecule has 1 aromatic heterocycles. The maximum Gasteiger partial charge on any atom is 0.340 e. The van der Waals surface area contributed by atoms with E-state index in [1.54, 1.807) is 0 Å². The lowest BCUT2D eigenvalue weighted by atomic mass is 10.4. The van der Waals surface area contributed by atoms with Crippen molar-refractivity contribution in [2.24, 2.45) is 0 Å². The molecule has 0 saturated heterocycles. The molecular formula is C7H12N4O6S2. The van der Waals surface area contributed by atoms with E-state index >= 15 is 0 Å². The van der Waals surface area contributed by atoms with Gasteiger partial charge in [-0.3, -0.25) is 5.10 Å². The Morgan fingerprint density at radius 1 is 1.42 bits per heavy atom. The molecule has 0 unspecified atom stereocenters. The van der Waals surface area contributed by atoms with Crippen LogP contribution >= 0.6 is 0 Å². The average Bonchev–Trinajstić information content (AvgIpc) is 2.78. The third-order valence-electron chi connectivity index (χ3n) is 2.08. The number of rotatable bonds is 7. The van der Waals surface area contributed by atoms with Crippen molar-refractivity contribution in [3.05, 3.63) is 11.8 Å². The molecule has 0 radical (unpaired) electrons. The van der Waals surface area contributed by atoms with Gasteiger partial charge in [0.05, 0.1) is 11.9 Å². The summed E-state index contributed by atoms with van der Waals surface area (Å²) in [6.07, 6.45) is 0.848. The van der Waals surface area contributed by atoms with Crippen LogP contribution in [0.25, 0.3) is 0 Å². The summed E-state index contributed by atoms with van der Waals surface area (Å²) in [4.78, 5) is 10.8. The second kappa shape index (κ2) is 5.64. The molecular weight excluding hydrogens is 300 g/mol. The van der Waals surface area contributed by atoms with Crippen molar-refractivity contribution in [2.45, 2.75) is 5.03 Å². The predicted octanol–water partition coefficient (Wildman–Crippen LogP) is -2.06. The van der Waals surface area contributed by atoms with E-state index in [1.165, 1.54) is 7.05 Å². The van der Waals surface area contributed by atoms with Crippen molar-refractivity contribution >= 4 is 26.0 Å². The summed E-state index contributed by atoms with van der Waals surface area (Å²) in [5, 5.41) is 13.5. The molecule has 19 heavy (non-hydrogen) atoms. The number of H-pyrrole nitrogens is 1. The Kier molecular flexibility index (Phi) is 4.62. The van der Waals surface area contributed by atoms with Crippen molar-refractivity contribution in [2.75, 3.05) is 19.3 Å². The molecule has 0 aromatic carbocycles. The first-order chi connectivity index (χ1) is 8.69. The standard InChI is InChI=1S/C7H12N4O6S2/c1-8-18(14,15)3-2-10-19(16,17)6-5(7(12)13)4-9-11-6/h4,8,10H,2-3H2,1H3,(H,9,11)(H,12,13). The summed E-state index contributed by atoms with van der Waals surface area (Å²) < 4.78 is 49.6. The van der Waals surface area contributed by atoms with E-state index < -0.39 is 48.9 Å². The zero-order valence-electron chi connectivity index (χ0n) is 9.74. The number of nitrogens with one attached hydrogen (secondary N) is 3. The lowest BCUT2D eigenvalue weighted by molar-refractivity contribution is 0.0692. The maximum atomic E-state index is 11.7. The number of carboxylic acids is 1. The van der Waals surface area contributed by atoms with E-state index in [0.29, 0.717) is 0 Å². The normalized spacial score (nSPS) is 12.5. The average molecular weight is 312 g/mol. The van der Waals surface area contributed by atoms with Gasteiger partial charge in [-0.25, -0.2) is 31.1 Å². The van der Waals surface area contributed by atoms with E-state index in [2.05, 4.69) is 5.10 Å². The van der Waals surface area contributed by atoms with Crippen LogP contribution in [-0.4, -0.2) is 57.5 Å². The van der Waals surface area contributed by atoms with Gasteiger partial charge in [0.25, 0.3) is 10.0 Å². The van der Waals surface area contributed by atoms with Gasteiger partial charge in [-0.15, -0.1) is 0 Å². The van der Waals surface area contributed by atoms with Gasteiger partial charge >= 0.3 is 5.97 Å². The Balaban J connectivity index is 2.83. The van der Waals surface area contributed by atoms with Crippen LogP contribution in [0.4, 0.5) is 0 Å². The monoisotopic (exact) mass is 312 g/mol. The topological polar surface area (TPSA) is 158 Å². The molecule has 10 nitrogen and oxygen atoms in total. The van der Waals surface area contributed by atoms with E-state index in [-0.39, 0.29) is 0 Å². The molecule has 108 valence electrons. The lowest BCUT2D eigenvalue weighted by Crippen LogP contribution is -2.33. The highest BCUT2D eigenvalue weighted by molar-refractivity contribution is 7.90. The van der Waals surface area contributed by atoms with Gasteiger partial charge in [0, 0.05) is 6.54 Å². The number of hydrogen-bond acceptors (Lipinski definition) is 6. The number of aromatic amines is 1. The summed E-state index contributed by atoms with van der Waals surface area (Å²) in [5.41, 5.74) is -0.524. The number of carbonyl (C=O) groups is 1. The molecule has 1 aromatic rings. The largest absolute Gasteiger partial charge is 0.478 e. The van der Waals surface area contributed by atoms with Crippen molar-refractivity contribution in [1.29, 1.82) is 0 Å². The number of carboxylic acid groups (broad SMARTS) is 1. The minimum Gasteiger partial charge on any atom is -0.478 e. The summed E-state index contributed by atoms with van der Waals surface area (Å²) in [7, 11) is -6.52. The van der Waals surface area contributed by atoms with Crippen LogP contribution in [0, 0.1) is 0 Å². The van der Waals surface area contributed by atoms with Crippen LogP contribution in [0.15, 0.2) is 11.2 Å². The molecule has 0 spiro atoms. The molecule has 4 N–H and O–H groups in total. The summed E-state index contributed by atoms with van der Waals surface area (Å²) >= 11 is 0. The first-order valence-electron chi connectivity index (χ1n) is 4.87. The number of aromatic nitrogens is 2. The lowest BCUT2D eigenvalue weighted by Gasteiger charge is -2.05. The van der Waals surface area contributed by atoms with Crippen LogP contribution in [0.1, 0.15) is 10.4 Å². The van der Waals surface area contributed by atoms with E-state index in [9.17, 15) is 21.6 Å². The third-order valence-corrected chi connectivity index (χ3v) is 4.87.